The summed E-state index contributed by atoms with van der Waals surface area (Å²) in [6.07, 6.45) is 1.67. The minimum Gasteiger partial charge on any atom is -0.490 e. The quantitative estimate of drug-likeness (QED) is 0.744. The summed E-state index contributed by atoms with van der Waals surface area (Å²) in [7, 11) is 0. The van der Waals surface area contributed by atoms with E-state index in [0.717, 1.165) is 19.4 Å². The van der Waals surface area contributed by atoms with Crippen molar-refractivity contribution in [1.82, 2.24) is 4.90 Å². The van der Waals surface area contributed by atoms with Crippen LogP contribution < -0.4 is 20.5 Å². The highest BCUT2D eigenvalue weighted by Crippen LogP contribution is 2.30. The molecule has 1 aromatic rings. The number of amides is 2. The standard InChI is InChI=1S/C18H27N3O4/c1-3-24-15-8-7-14(10-16(15)25-4-2)20-17(22)12-21-9-5-6-13(11-21)18(19)23/h7-8,10,13H,3-6,9,11-12H2,1-2H3,(H2,19,23)(H,20,22)/t13-/m0/s1. The first-order valence-corrected chi connectivity index (χ1v) is 8.74. The van der Waals surface area contributed by atoms with Gasteiger partial charge >= 0.3 is 0 Å². The van der Waals surface area contributed by atoms with Crippen LogP contribution in [0.2, 0.25) is 0 Å². The molecule has 7 nitrogen and oxygen atoms in total. The van der Waals surface area contributed by atoms with Gasteiger partial charge in [0.1, 0.15) is 0 Å². The average Bonchev–Trinajstić information content (AvgIpc) is 2.57. The lowest BCUT2D eigenvalue weighted by Gasteiger charge is -2.30. The van der Waals surface area contributed by atoms with E-state index in [0.29, 0.717) is 36.9 Å². The Morgan fingerprint density at radius 3 is 2.64 bits per heavy atom. The Kier molecular flexibility index (Phi) is 7.06. The second-order valence-electron chi connectivity index (χ2n) is 6.05. The van der Waals surface area contributed by atoms with Gasteiger partial charge in [-0.25, -0.2) is 0 Å². The number of benzene rings is 1. The Morgan fingerprint density at radius 1 is 1.24 bits per heavy atom. The second kappa shape index (κ2) is 9.27. The largest absolute Gasteiger partial charge is 0.490 e. The van der Waals surface area contributed by atoms with Crippen LogP contribution in [0, 0.1) is 5.92 Å². The van der Waals surface area contributed by atoms with Gasteiger partial charge in [-0.1, -0.05) is 0 Å². The lowest BCUT2D eigenvalue weighted by molar-refractivity contribution is -0.125. The molecule has 1 saturated heterocycles. The third-order valence-electron chi connectivity index (χ3n) is 4.10. The van der Waals surface area contributed by atoms with Crippen LogP contribution in [0.5, 0.6) is 11.5 Å². The molecule has 0 radical (unpaired) electrons. The highest BCUT2D eigenvalue weighted by atomic mass is 16.5. The molecule has 1 aromatic carbocycles. The van der Waals surface area contributed by atoms with Crippen LogP contribution in [0.1, 0.15) is 26.7 Å². The van der Waals surface area contributed by atoms with E-state index in [-0.39, 0.29) is 24.3 Å². The Morgan fingerprint density at radius 2 is 1.96 bits per heavy atom. The van der Waals surface area contributed by atoms with Gasteiger partial charge in [0.25, 0.3) is 0 Å². The van der Waals surface area contributed by atoms with Gasteiger partial charge in [0.2, 0.25) is 11.8 Å². The summed E-state index contributed by atoms with van der Waals surface area (Å²) in [6.45, 7) is 6.43. The number of nitrogens with zero attached hydrogens (tertiary/aromatic N) is 1. The Balaban J connectivity index is 1.95. The van der Waals surface area contributed by atoms with Gasteiger partial charge in [0.15, 0.2) is 11.5 Å². The van der Waals surface area contributed by atoms with Gasteiger partial charge in [0, 0.05) is 18.3 Å². The molecule has 0 spiro atoms. The maximum atomic E-state index is 12.3. The van der Waals surface area contributed by atoms with Crippen molar-refractivity contribution in [2.75, 3.05) is 38.2 Å². The van der Waals surface area contributed by atoms with Crippen LogP contribution in [-0.4, -0.2) is 49.6 Å². The van der Waals surface area contributed by atoms with Gasteiger partial charge in [-0.05, 0) is 45.4 Å². The molecule has 138 valence electrons. The minimum absolute atomic E-state index is 0.128. The first kappa shape index (κ1) is 19.1. The number of rotatable bonds is 8. The molecule has 2 rings (SSSR count). The molecule has 0 bridgehead atoms. The van der Waals surface area contributed by atoms with Crippen molar-refractivity contribution in [1.29, 1.82) is 0 Å². The molecular formula is C18H27N3O4. The van der Waals surface area contributed by atoms with Crippen LogP contribution in [0.4, 0.5) is 5.69 Å². The molecule has 1 atom stereocenters. The summed E-state index contributed by atoms with van der Waals surface area (Å²) in [6, 6.07) is 5.33. The lowest BCUT2D eigenvalue weighted by Crippen LogP contribution is -2.44. The molecule has 0 unspecified atom stereocenters. The monoisotopic (exact) mass is 349 g/mol. The molecule has 0 aromatic heterocycles. The van der Waals surface area contributed by atoms with E-state index >= 15 is 0 Å². The highest BCUT2D eigenvalue weighted by Gasteiger charge is 2.25. The van der Waals surface area contributed by atoms with Crippen LogP contribution in [0.3, 0.4) is 0 Å². The Labute approximate surface area is 148 Å². The fourth-order valence-electron chi connectivity index (χ4n) is 2.96. The molecule has 7 heteroatoms. The summed E-state index contributed by atoms with van der Waals surface area (Å²) in [5, 5.41) is 2.87. The van der Waals surface area contributed by atoms with Crippen molar-refractivity contribution in [2.24, 2.45) is 11.7 Å². The number of anilines is 1. The second-order valence-corrected chi connectivity index (χ2v) is 6.05. The summed E-state index contributed by atoms with van der Waals surface area (Å²) < 4.78 is 11.1. The highest BCUT2D eigenvalue weighted by molar-refractivity contribution is 5.92. The van der Waals surface area contributed by atoms with Crippen molar-refractivity contribution in [2.45, 2.75) is 26.7 Å². The zero-order valence-electron chi connectivity index (χ0n) is 14.9. The molecule has 25 heavy (non-hydrogen) atoms. The van der Waals surface area contributed by atoms with E-state index in [1.165, 1.54) is 0 Å². The lowest BCUT2D eigenvalue weighted by atomic mass is 9.97. The average molecular weight is 349 g/mol. The van der Waals surface area contributed by atoms with Gasteiger partial charge < -0.3 is 20.5 Å². The van der Waals surface area contributed by atoms with Crippen molar-refractivity contribution in [3.63, 3.8) is 0 Å². The van der Waals surface area contributed by atoms with Crippen molar-refractivity contribution >= 4 is 17.5 Å². The molecular weight excluding hydrogens is 322 g/mol. The number of likely N-dealkylation sites (tertiary alicyclic amines) is 1. The van der Waals surface area contributed by atoms with Gasteiger partial charge in [-0.15, -0.1) is 0 Å². The molecule has 1 aliphatic rings. The van der Waals surface area contributed by atoms with E-state index in [4.69, 9.17) is 15.2 Å². The summed E-state index contributed by atoms with van der Waals surface area (Å²) in [4.78, 5) is 25.6. The van der Waals surface area contributed by atoms with Crippen LogP contribution in [-0.2, 0) is 9.59 Å². The van der Waals surface area contributed by atoms with E-state index in [1.807, 2.05) is 18.7 Å². The van der Waals surface area contributed by atoms with Crippen LogP contribution >= 0.6 is 0 Å². The SMILES string of the molecule is CCOc1ccc(NC(=O)CN2CCC[C@H](C(N)=O)C2)cc1OCC. The molecule has 2 amide bonds. The van der Waals surface area contributed by atoms with E-state index < -0.39 is 0 Å². The first-order chi connectivity index (χ1) is 12.0. The number of nitrogens with two attached hydrogens (primary N) is 1. The molecule has 0 aliphatic carbocycles. The van der Waals surface area contributed by atoms with Crippen molar-refractivity contribution < 1.29 is 19.1 Å². The molecule has 1 heterocycles. The van der Waals surface area contributed by atoms with Gasteiger partial charge in [-0.3, -0.25) is 14.5 Å². The fourth-order valence-corrected chi connectivity index (χ4v) is 2.96. The topological polar surface area (TPSA) is 93.9 Å². The smallest absolute Gasteiger partial charge is 0.238 e. The zero-order valence-corrected chi connectivity index (χ0v) is 14.9. The van der Waals surface area contributed by atoms with E-state index in [2.05, 4.69) is 5.32 Å². The van der Waals surface area contributed by atoms with Crippen LogP contribution in [0.25, 0.3) is 0 Å². The normalized spacial score (nSPS) is 17.8. The number of hydrogen-bond donors (Lipinski definition) is 2. The third kappa shape index (κ3) is 5.63. The maximum Gasteiger partial charge on any atom is 0.238 e. The van der Waals surface area contributed by atoms with Gasteiger partial charge in [0.05, 0.1) is 25.7 Å². The number of carbonyl (C=O) groups excluding carboxylic acids is 2. The maximum absolute atomic E-state index is 12.3. The molecule has 1 fully saturated rings. The minimum atomic E-state index is -0.294. The molecule has 1 aliphatic heterocycles. The Hall–Kier alpha value is -2.28. The van der Waals surface area contributed by atoms with Crippen LogP contribution in [0.15, 0.2) is 18.2 Å². The summed E-state index contributed by atoms with van der Waals surface area (Å²) >= 11 is 0. The number of carbonyl (C=O) groups is 2. The fraction of sp³-hybridized carbons (Fsp3) is 0.556. The number of piperidine rings is 1. The zero-order chi connectivity index (χ0) is 18.2. The predicted octanol–water partition coefficient (Wildman–Crippen LogP) is 1.62. The number of hydrogen-bond acceptors (Lipinski definition) is 5. The predicted molar refractivity (Wildman–Crippen MR) is 95.8 cm³/mol. The first-order valence-electron chi connectivity index (χ1n) is 8.74. The summed E-state index contributed by atoms with van der Waals surface area (Å²) in [5.74, 6) is 0.669. The van der Waals surface area contributed by atoms with E-state index in [9.17, 15) is 9.59 Å². The van der Waals surface area contributed by atoms with Gasteiger partial charge in [-0.2, -0.15) is 0 Å². The van der Waals surface area contributed by atoms with Crippen molar-refractivity contribution in [3.8, 4) is 11.5 Å². The third-order valence-corrected chi connectivity index (χ3v) is 4.10. The van der Waals surface area contributed by atoms with Crippen molar-refractivity contribution in [3.05, 3.63) is 18.2 Å². The number of primary amides is 1. The summed E-state index contributed by atoms with van der Waals surface area (Å²) in [5.41, 5.74) is 6.03. The number of nitrogens with one attached hydrogen (secondary N) is 1. The Bertz CT molecular complexity index is 606. The molecule has 0 saturated carbocycles. The molecule has 3 N–H and O–H groups in total. The number of ether oxygens (including phenoxy) is 2. The van der Waals surface area contributed by atoms with E-state index in [1.54, 1.807) is 18.2 Å².